The summed E-state index contributed by atoms with van der Waals surface area (Å²) in [5.74, 6) is -7.46. The summed E-state index contributed by atoms with van der Waals surface area (Å²) in [5.41, 5.74) is 5.74. The third-order valence-corrected chi connectivity index (χ3v) is 15.0. The Morgan fingerprint density at radius 1 is 0.671 bits per heavy atom. The van der Waals surface area contributed by atoms with Crippen molar-refractivity contribution in [1.82, 2.24) is 51.5 Å². The Hall–Kier alpha value is -5.88. The fraction of sp³-hybridized carbons (Fsp3) is 0.755. The highest BCUT2D eigenvalue weighted by Crippen LogP contribution is 2.30. The predicted molar refractivity (Wildman–Crippen MR) is 263 cm³/mol. The number of carbonyl (C=O) groups excluding carboxylic acids is 10. The van der Waals surface area contributed by atoms with Gasteiger partial charge in [0.25, 0.3) is 0 Å². The Bertz CT molecular complexity index is 2040. The van der Waals surface area contributed by atoms with Crippen LogP contribution in [0.3, 0.4) is 0 Å². The summed E-state index contributed by atoms with van der Waals surface area (Å²) in [6.45, 7) is 11.5. The average Bonchev–Trinajstić information content (AvgIpc) is 4.23. The number of hydrogen-bond donors (Lipinski definition) is 9. The molecule has 24 nitrogen and oxygen atoms in total. The SMILES string of the molecule is C=CCOC(=O)N[C@H]1C[C@@H]2C(=O)N[C@@H]([C@@H](C)O)C(=O)N[C@@H](CCCCN)C(=O)N[C@@H](CO)C(=O)N[C@@H]([C@@H](C)CC)C(=O)N3CCC[C@H]3C(=O)N3CCC[C@H]3C(=O)N[C@@H]([C@@H](C)CC)C(=O)N3CCC[C@H]3C(=O)N2C1. The van der Waals surface area contributed by atoms with Crippen LogP contribution in [-0.4, -0.2) is 202 Å². The van der Waals surface area contributed by atoms with Gasteiger partial charge in [0.15, 0.2) is 0 Å². The van der Waals surface area contributed by atoms with E-state index in [0.717, 1.165) is 0 Å². The van der Waals surface area contributed by atoms with E-state index in [0.29, 0.717) is 44.9 Å². The molecule has 73 heavy (non-hydrogen) atoms. The minimum absolute atomic E-state index is 0.0267. The van der Waals surface area contributed by atoms with Gasteiger partial charge in [-0.3, -0.25) is 43.2 Å². The largest absolute Gasteiger partial charge is 0.445 e. The van der Waals surface area contributed by atoms with Crippen LogP contribution >= 0.6 is 0 Å². The zero-order valence-corrected chi connectivity index (χ0v) is 43.0. The molecule has 0 aromatic rings. The third kappa shape index (κ3) is 14.0. The Morgan fingerprint density at radius 3 is 1.67 bits per heavy atom. The normalized spacial score (nSPS) is 30.7. The molecule has 5 saturated heterocycles. The number of nitrogens with zero attached hydrogens (tertiary/aromatic N) is 4. The van der Waals surface area contributed by atoms with E-state index in [2.05, 4.69) is 38.5 Å². The van der Waals surface area contributed by atoms with E-state index in [4.69, 9.17) is 10.5 Å². The van der Waals surface area contributed by atoms with Crippen LogP contribution in [0.1, 0.15) is 112 Å². The minimum atomic E-state index is -1.72. The molecule has 13 atom stereocenters. The minimum Gasteiger partial charge on any atom is -0.445 e. The van der Waals surface area contributed by atoms with Crippen LogP contribution in [0.4, 0.5) is 4.79 Å². The van der Waals surface area contributed by atoms with E-state index in [-0.39, 0.29) is 71.4 Å². The molecule has 0 saturated carbocycles. The molecule has 0 aromatic carbocycles. The number of carbonyl (C=O) groups is 10. The quantitative estimate of drug-likeness (QED) is 0.0704. The molecule has 10 amide bonds. The summed E-state index contributed by atoms with van der Waals surface area (Å²) in [7, 11) is 0. The Balaban J connectivity index is 1.56. The van der Waals surface area contributed by atoms with E-state index in [1.165, 1.54) is 32.6 Å². The molecule has 0 bridgehead atoms. The second-order valence-corrected chi connectivity index (χ2v) is 20.1. The maximum Gasteiger partial charge on any atom is 0.407 e. The lowest BCUT2D eigenvalue weighted by molar-refractivity contribution is -0.150. The Labute approximate surface area is 427 Å². The molecule has 5 rings (SSSR count). The van der Waals surface area contributed by atoms with Crippen LogP contribution in [0.15, 0.2) is 12.7 Å². The number of aliphatic hydroxyl groups excluding tert-OH is 2. The van der Waals surface area contributed by atoms with Crippen LogP contribution in [0.5, 0.6) is 0 Å². The molecule has 0 aromatic heterocycles. The maximum absolute atomic E-state index is 14.8. The lowest BCUT2D eigenvalue weighted by atomic mass is 9.96. The van der Waals surface area contributed by atoms with Gasteiger partial charge in [-0.15, -0.1) is 0 Å². The standard InChI is InChI=1S/C49H79N11O13/c1-7-23-73-49(72)51-30-24-36-43(66)56-39(29(6)62)44(67)52-31(15-10-11-19-50)40(63)53-32(26-61)41(64)54-37(27(4)8-2)47(70)58-21-13-17-34(58)45(68)57-20-12-16-33(57)42(65)55-38(28(5)9-3)48(71)59-22-14-18-35(59)46(69)60(36)25-30/h7,27-39,61-62H,1,8-26,50H2,2-6H3,(H,51,72)(H,52,67)(H,53,63)(H,54,64)(H,55,65)(H,56,66)/t27-,28-,29+,30-,31-,32-,33-,34-,35-,36+,37-,38-,39-/m0/s1. The average molecular weight is 1030 g/mol. The number of aliphatic hydroxyl groups is 2. The van der Waals surface area contributed by atoms with Gasteiger partial charge < -0.3 is 72.2 Å². The molecule has 10 N–H and O–H groups in total. The van der Waals surface area contributed by atoms with Gasteiger partial charge in [-0.25, -0.2) is 4.79 Å². The molecule has 0 aliphatic carbocycles. The van der Waals surface area contributed by atoms with Crippen molar-refractivity contribution in [2.75, 3.05) is 45.9 Å². The Kier molecular flexibility index (Phi) is 21.4. The molecular formula is C49H79N11O13. The van der Waals surface area contributed by atoms with Crippen molar-refractivity contribution in [2.45, 2.75) is 178 Å². The summed E-state index contributed by atoms with van der Waals surface area (Å²) >= 11 is 0. The predicted octanol–water partition coefficient (Wildman–Crippen LogP) is -2.13. The summed E-state index contributed by atoms with van der Waals surface area (Å²) < 4.78 is 5.11. The first-order valence-corrected chi connectivity index (χ1v) is 26.1. The number of nitrogens with one attached hydrogen (secondary N) is 6. The monoisotopic (exact) mass is 1030 g/mol. The third-order valence-electron chi connectivity index (χ3n) is 15.0. The zero-order chi connectivity index (χ0) is 53.7. The first-order chi connectivity index (χ1) is 34.8. The van der Waals surface area contributed by atoms with Crippen molar-refractivity contribution < 1.29 is 62.9 Å². The number of ether oxygens (including phenoxy) is 1. The van der Waals surface area contributed by atoms with Gasteiger partial charge >= 0.3 is 6.09 Å². The number of amides is 10. The van der Waals surface area contributed by atoms with Gasteiger partial charge in [0.2, 0.25) is 53.2 Å². The number of unbranched alkanes of at least 4 members (excludes halogenated alkanes) is 1. The van der Waals surface area contributed by atoms with Crippen molar-refractivity contribution >= 4 is 59.3 Å². The lowest BCUT2D eigenvalue weighted by Gasteiger charge is -2.36. The van der Waals surface area contributed by atoms with Gasteiger partial charge in [-0.2, -0.15) is 0 Å². The molecule has 0 spiro atoms. The molecule has 5 aliphatic heterocycles. The number of nitrogens with two attached hydrogens (primary N) is 1. The van der Waals surface area contributed by atoms with E-state index in [1.807, 2.05) is 13.8 Å². The van der Waals surface area contributed by atoms with Crippen LogP contribution in [0, 0.1) is 11.8 Å². The number of rotatable bonds is 13. The highest BCUT2D eigenvalue weighted by Gasteiger charge is 2.49. The molecule has 0 radical (unpaired) electrons. The molecule has 5 aliphatic rings. The first-order valence-electron chi connectivity index (χ1n) is 26.1. The van der Waals surface area contributed by atoms with E-state index in [9.17, 15) is 58.2 Å². The van der Waals surface area contributed by atoms with E-state index in [1.54, 1.807) is 13.8 Å². The van der Waals surface area contributed by atoms with Crippen molar-refractivity contribution in [2.24, 2.45) is 17.6 Å². The van der Waals surface area contributed by atoms with Crippen molar-refractivity contribution in [3.63, 3.8) is 0 Å². The number of alkyl carbamates (subject to hydrolysis) is 1. The van der Waals surface area contributed by atoms with Crippen molar-refractivity contribution in [3.8, 4) is 0 Å². The number of fused-ring (bicyclic) bond motifs is 4. The summed E-state index contributed by atoms with van der Waals surface area (Å²) in [6, 6.07) is -12.4. The number of hydrogen-bond acceptors (Lipinski definition) is 14. The molecule has 408 valence electrons. The second kappa shape index (κ2) is 26.9. The maximum atomic E-state index is 14.8. The van der Waals surface area contributed by atoms with Gasteiger partial charge in [-0.1, -0.05) is 53.2 Å². The van der Waals surface area contributed by atoms with E-state index < -0.39 is 144 Å². The molecule has 0 unspecified atom stereocenters. The van der Waals surface area contributed by atoms with Gasteiger partial charge in [0.05, 0.1) is 18.8 Å². The van der Waals surface area contributed by atoms with Crippen LogP contribution in [0.25, 0.3) is 0 Å². The summed E-state index contributed by atoms with van der Waals surface area (Å²) in [4.78, 5) is 148. The zero-order valence-electron chi connectivity index (χ0n) is 43.0. The summed E-state index contributed by atoms with van der Waals surface area (Å²) in [5, 5.41) is 37.3. The lowest BCUT2D eigenvalue weighted by Crippen LogP contribution is -2.62. The molecule has 5 fully saturated rings. The molecule has 5 heterocycles. The van der Waals surface area contributed by atoms with Crippen molar-refractivity contribution in [3.05, 3.63) is 12.7 Å². The molecular weight excluding hydrogens is 951 g/mol. The fourth-order valence-electron chi connectivity index (χ4n) is 10.4. The van der Waals surface area contributed by atoms with Gasteiger partial charge in [0, 0.05) is 26.2 Å². The van der Waals surface area contributed by atoms with Crippen LogP contribution in [0.2, 0.25) is 0 Å². The Morgan fingerprint density at radius 2 is 1.15 bits per heavy atom. The van der Waals surface area contributed by atoms with Crippen molar-refractivity contribution in [1.29, 1.82) is 0 Å². The van der Waals surface area contributed by atoms with Crippen LogP contribution in [-0.2, 0) is 47.9 Å². The van der Waals surface area contributed by atoms with Gasteiger partial charge in [0.1, 0.15) is 61.0 Å². The second-order valence-electron chi connectivity index (χ2n) is 20.1. The summed E-state index contributed by atoms with van der Waals surface area (Å²) in [6.07, 6.45) is 2.40. The van der Waals surface area contributed by atoms with Gasteiger partial charge in [-0.05, 0) is 89.5 Å². The smallest absolute Gasteiger partial charge is 0.407 e. The van der Waals surface area contributed by atoms with Crippen LogP contribution < -0.4 is 37.6 Å². The first kappa shape index (κ1) is 58.0. The topological polar surface area (TPSA) is 332 Å². The molecule has 24 heteroatoms. The van der Waals surface area contributed by atoms with E-state index >= 15 is 0 Å². The highest BCUT2D eigenvalue weighted by atomic mass is 16.5. The fourth-order valence-corrected chi connectivity index (χ4v) is 10.4. The highest BCUT2D eigenvalue weighted by molar-refractivity contribution is 6.00.